The molecule has 0 spiro atoms. The van der Waals surface area contributed by atoms with Crippen molar-refractivity contribution in [3.8, 4) is 0 Å². The summed E-state index contributed by atoms with van der Waals surface area (Å²) in [7, 11) is 3.73. The fourth-order valence-electron chi connectivity index (χ4n) is 0.460. The molecule has 0 aliphatic carbocycles. The molecule has 11 heavy (non-hydrogen) atoms. The Balaban J connectivity index is 2.80. The Morgan fingerprint density at radius 3 is 2.73 bits per heavy atom. The molecule has 0 radical (unpaired) electrons. The summed E-state index contributed by atoms with van der Waals surface area (Å²) in [6.45, 7) is 7.18. The van der Waals surface area contributed by atoms with E-state index in [2.05, 4.69) is 20.8 Å². The third kappa shape index (κ3) is 10.7. The van der Waals surface area contributed by atoms with Crippen LogP contribution in [0.1, 0.15) is 33.6 Å². The van der Waals surface area contributed by atoms with Gasteiger partial charge in [-0.05, 0) is 20.3 Å². The molecule has 0 aromatic heterocycles. The summed E-state index contributed by atoms with van der Waals surface area (Å²) in [4.78, 5) is 0. The van der Waals surface area contributed by atoms with E-state index in [0.717, 1.165) is 6.76 Å². The minimum Gasteiger partial charge on any atom is -0.426 e. The normalized spacial score (nSPS) is 10.5. The lowest BCUT2D eigenvalue weighted by molar-refractivity contribution is 0.264. The van der Waals surface area contributed by atoms with Gasteiger partial charge in [-0.25, -0.2) is 0 Å². The topological polar surface area (TPSA) is 9.23 Å². The van der Waals surface area contributed by atoms with E-state index in [1.165, 1.54) is 18.6 Å². The molecule has 0 rings (SSSR count). The van der Waals surface area contributed by atoms with Crippen LogP contribution < -0.4 is 0 Å². The molecule has 0 saturated carbocycles. The second-order valence-electron chi connectivity index (χ2n) is 2.63. The minimum atomic E-state index is 0.370. The lowest BCUT2D eigenvalue weighted by Gasteiger charge is -2.04. The molecular weight excluding hydrogens is 175 g/mol. The highest BCUT2D eigenvalue weighted by Crippen LogP contribution is 2.20. The van der Waals surface area contributed by atoms with Crippen molar-refractivity contribution in [3.63, 3.8) is 0 Å². The van der Waals surface area contributed by atoms with Crippen LogP contribution in [0.25, 0.3) is 0 Å². The number of unbranched alkanes of at least 4 members (excludes halogenated alkanes) is 1. The van der Waals surface area contributed by atoms with Gasteiger partial charge in [0, 0.05) is 11.9 Å². The van der Waals surface area contributed by atoms with Gasteiger partial charge in [0.2, 0.25) is 0 Å². The first-order chi connectivity index (χ1) is 5.27. The van der Waals surface area contributed by atoms with Gasteiger partial charge in [-0.2, -0.15) is 0 Å². The van der Waals surface area contributed by atoms with Crippen LogP contribution in [-0.2, 0) is 4.65 Å². The standard InChI is InChI=1S/C7H17BOS2/c1-4-5-6-10-11-8-9-7(2)3/h7-8H,4-6H2,1-3H3. The largest absolute Gasteiger partial charge is 0.426 e. The highest BCUT2D eigenvalue weighted by molar-refractivity contribution is 8.85. The minimum absolute atomic E-state index is 0.370. The van der Waals surface area contributed by atoms with E-state index in [1.54, 1.807) is 0 Å². The molecule has 0 unspecified atom stereocenters. The first-order valence-corrected chi connectivity index (χ1v) is 6.62. The van der Waals surface area contributed by atoms with Crippen LogP contribution in [0.15, 0.2) is 0 Å². The molecule has 0 aliphatic rings. The number of hydrogen-bond donors (Lipinski definition) is 0. The van der Waals surface area contributed by atoms with Crippen LogP contribution in [0.3, 0.4) is 0 Å². The second kappa shape index (κ2) is 8.82. The van der Waals surface area contributed by atoms with Crippen LogP contribution >= 0.6 is 21.4 Å². The molecule has 0 saturated heterocycles. The van der Waals surface area contributed by atoms with Gasteiger partial charge in [0.1, 0.15) is 0 Å². The lowest BCUT2D eigenvalue weighted by atomic mass is 10.4. The quantitative estimate of drug-likeness (QED) is 0.348. The van der Waals surface area contributed by atoms with E-state index in [9.17, 15) is 0 Å². The predicted molar refractivity (Wildman–Crippen MR) is 58.3 cm³/mol. The van der Waals surface area contributed by atoms with Gasteiger partial charge in [-0.1, -0.05) is 13.3 Å². The van der Waals surface area contributed by atoms with Crippen LogP contribution in [0.2, 0.25) is 0 Å². The third-order valence-electron chi connectivity index (χ3n) is 1.11. The summed E-state index contributed by atoms with van der Waals surface area (Å²) in [5, 5.41) is 0. The van der Waals surface area contributed by atoms with Crippen molar-refractivity contribution >= 4 is 28.2 Å². The average molecular weight is 192 g/mol. The zero-order valence-electron chi connectivity index (χ0n) is 7.63. The van der Waals surface area contributed by atoms with E-state index in [4.69, 9.17) is 4.65 Å². The van der Waals surface area contributed by atoms with Crippen molar-refractivity contribution in [2.45, 2.75) is 39.7 Å². The Hall–Kier alpha value is 0.725. The van der Waals surface area contributed by atoms with E-state index in [1.807, 2.05) is 21.4 Å². The third-order valence-corrected chi connectivity index (χ3v) is 3.26. The van der Waals surface area contributed by atoms with Gasteiger partial charge >= 0.3 is 6.76 Å². The van der Waals surface area contributed by atoms with Crippen molar-refractivity contribution in [1.82, 2.24) is 0 Å². The van der Waals surface area contributed by atoms with Crippen molar-refractivity contribution in [2.75, 3.05) is 5.75 Å². The van der Waals surface area contributed by atoms with E-state index < -0.39 is 0 Å². The lowest BCUT2D eigenvalue weighted by Crippen LogP contribution is -2.03. The highest BCUT2D eigenvalue weighted by Gasteiger charge is 1.95. The summed E-state index contributed by atoms with van der Waals surface area (Å²) in [5.41, 5.74) is 0. The van der Waals surface area contributed by atoms with Crippen molar-refractivity contribution < 1.29 is 4.65 Å². The summed E-state index contributed by atoms with van der Waals surface area (Å²) in [5.74, 6) is 1.25. The first kappa shape index (κ1) is 11.7. The molecule has 0 aliphatic heterocycles. The van der Waals surface area contributed by atoms with Gasteiger partial charge in [-0.15, -0.1) is 21.4 Å². The zero-order chi connectivity index (χ0) is 8.53. The van der Waals surface area contributed by atoms with Crippen LogP contribution in [0.4, 0.5) is 0 Å². The fourth-order valence-corrected chi connectivity index (χ4v) is 2.46. The van der Waals surface area contributed by atoms with Crippen LogP contribution in [0.5, 0.6) is 0 Å². The van der Waals surface area contributed by atoms with Crippen molar-refractivity contribution in [1.29, 1.82) is 0 Å². The summed E-state index contributed by atoms with van der Waals surface area (Å²) in [6, 6.07) is 0. The fraction of sp³-hybridized carbons (Fsp3) is 1.00. The van der Waals surface area contributed by atoms with Crippen molar-refractivity contribution in [2.24, 2.45) is 0 Å². The molecule has 0 bridgehead atoms. The molecule has 0 aromatic carbocycles. The molecule has 0 amide bonds. The summed E-state index contributed by atoms with van der Waals surface area (Å²) in [6.07, 6.45) is 2.98. The maximum absolute atomic E-state index is 5.36. The Bertz CT molecular complexity index is 80.8. The molecule has 1 nitrogen and oxygen atoms in total. The summed E-state index contributed by atoms with van der Waals surface area (Å²) >= 11 is 0. The van der Waals surface area contributed by atoms with Crippen LogP contribution in [-0.4, -0.2) is 18.6 Å². The smallest absolute Gasteiger partial charge is 0.353 e. The Kier molecular flexibility index (Phi) is 9.40. The monoisotopic (exact) mass is 192 g/mol. The Labute approximate surface area is 78.6 Å². The van der Waals surface area contributed by atoms with Crippen molar-refractivity contribution in [3.05, 3.63) is 0 Å². The van der Waals surface area contributed by atoms with E-state index >= 15 is 0 Å². The molecule has 0 aromatic rings. The van der Waals surface area contributed by atoms with Gasteiger partial charge in [0.25, 0.3) is 0 Å². The molecule has 4 heteroatoms. The second-order valence-corrected chi connectivity index (χ2v) is 5.16. The molecule has 0 atom stereocenters. The molecule has 0 N–H and O–H groups in total. The SMILES string of the molecule is CCCCSSBOC(C)C. The number of hydrogen-bond acceptors (Lipinski definition) is 3. The summed E-state index contributed by atoms with van der Waals surface area (Å²) < 4.78 is 5.36. The van der Waals surface area contributed by atoms with E-state index in [-0.39, 0.29) is 0 Å². The zero-order valence-corrected chi connectivity index (χ0v) is 9.26. The molecule has 0 fully saturated rings. The Morgan fingerprint density at radius 1 is 1.45 bits per heavy atom. The molecule has 0 heterocycles. The maximum Gasteiger partial charge on any atom is 0.353 e. The van der Waals surface area contributed by atoms with E-state index in [0.29, 0.717) is 6.10 Å². The molecule has 66 valence electrons. The maximum atomic E-state index is 5.36. The Morgan fingerprint density at radius 2 is 2.18 bits per heavy atom. The highest BCUT2D eigenvalue weighted by atomic mass is 33.1. The van der Waals surface area contributed by atoms with Crippen LogP contribution in [0, 0.1) is 0 Å². The predicted octanol–water partition coefficient (Wildman–Crippen LogP) is 2.86. The van der Waals surface area contributed by atoms with Gasteiger partial charge in [0.05, 0.1) is 0 Å². The average Bonchev–Trinajstić information content (AvgIpc) is 1.96. The molecular formula is C7H17BOS2. The number of rotatable bonds is 7. The first-order valence-electron chi connectivity index (χ1n) is 4.13. The van der Waals surface area contributed by atoms with Gasteiger partial charge < -0.3 is 4.65 Å². The van der Waals surface area contributed by atoms with Gasteiger partial charge in [0.15, 0.2) is 0 Å². The van der Waals surface area contributed by atoms with Gasteiger partial charge in [-0.3, -0.25) is 0 Å².